The normalized spacial score (nSPS) is 19.8. The first kappa shape index (κ1) is 14.1. The second kappa shape index (κ2) is 5.85. The van der Waals surface area contributed by atoms with Crippen LogP contribution < -0.4 is 0 Å². The maximum atomic E-state index is 11.7. The van der Waals surface area contributed by atoms with Crippen LogP contribution in [0.25, 0.3) is 5.52 Å². The molecular formula is C16H21N3O2. The molecule has 0 amide bonds. The maximum Gasteiger partial charge on any atom is 0.339 e. The van der Waals surface area contributed by atoms with Crippen LogP contribution in [-0.2, 0) is 4.74 Å². The molecule has 0 N–H and O–H groups in total. The van der Waals surface area contributed by atoms with E-state index >= 15 is 0 Å². The number of ether oxygens (including phenoxy) is 1. The summed E-state index contributed by atoms with van der Waals surface area (Å²) < 4.78 is 6.84. The van der Waals surface area contributed by atoms with Crippen LogP contribution in [0.15, 0.2) is 24.5 Å². The molecule has 21 heavy (non-hydrogen) atoms. The number of pyridine rings is 1. The third-order valence-electron chi connectivity index (χ3n) is 4.29. The molecule has 1 fully saturated rings. The highest BCUT2D eigenvalue weighted by atomic mass is 16.5. The largest absolute Gasteiger partial charge is 0.465 e. The minimum absolute atomic E-state index is 0.312. The first-order valence-corrected chi connectivity index (χ1v) is 7.54. The van der Waals surface area contributed by atoms with E-state index in [-0.39, 0.29) is 5.97 Å². The summed E-state index contributed by atoms with van der Waals surface area (Å²) in [4.78, 5) is 18.8. The van der Waals surface area contributed by atoms with E-state index in [1.807, 2.05) is 22.9 Å². The van der Waals surface area contributed by atoms with Gasteiger partial charge in [-0.25, -0.2) is 9.78 Å². The fourth-order valence-corrected chi connectivity index (χ4v) is 3.16. The van der Waals surface area contributed by atoms with Crippen LogP contribution in [0.4, 0.5) is 0 Å². The summed E-state index contributed by atoms with van der Waals surface area (Å²) in [5.41, 5.74) is 1.57. The average Bonchev–Trinajstić information content (AvgIpc) is 2.96. The fraction of sp³-hybridized carbons (Fsp3) is 0.500. The van der Waals surface area contributed by atoms with Gasteiger partial charge in [0.15, 0.2) is 0 Å². The quantitative estimate of drug-likeness (QED) is 0.814. The molecule has 0 spiro atoms. The Bertz CT molecular complexity index is 650. The number of hydrogen-bond donors (Lipinski definition) is 0. The van der Waals surface area contributed by atoms with Gasteiger partial charge in [0.2, 0.25) is 0 Å². The van der Waals surface area contributed by atoms with Crippen LogP contribution >= 0.6 is 0 Å². The molecule has 5 nitrogen and oxygen atoms in total. The van der Waals surface area contributed by atoms with Crippen LogP contribution in [0.1, 0.15) is 48.4 Å². The number of carbonyl (C=O) groups excluding carboxylic acids is 1. The lowest BCUT2D eigenvalue weighted by molar-refractivity contribution is 0.0600. The van der Waals surface area contributed by atoms with Gasteiger partial charge in [0, 0.05) is 6.20 Å². The van der Waals surface area contributed by atoms with Crippen molar-refractivity contribution in [3.05, 3.63) is 35.9 Å². The van der Waals surface area contributed by atoms with Crippen molar-refractivity contribution in [2.45, 2.75) is 32.2 Å². The van der Waals surface area contributed by atoms with Crippen LogP contribution in [0.3, 0.4) is 0 Å². The van der Waals surface area contributed by atoms with Gasteiger partial charge in [0.1, 0.15) is 5.82 Å². The Kier molecular flexibility index (Phi) is 3.92. The molecule has 1 atom stereocenters. The minimum atomic E-state index is -0.312. The zero-order valence-corrected chi connectivity index (χ0v) is 12.6. The van der Waals surface area contributed by atoms with Crippen molar-refractivity contribution in [3.63, 3.8) is 0 Å². The number of nitrogens with zero attached hydrogens (tertiary/aromatic N) is 3. The Balaban J connectivity index is 2.03. The molecule has 2 aromatic heterocycles. The van der Waals surface area contributed by atoms with Gasteiger partial charge in [-0.2, -0.15) is 0 Å². The van der Waals surface area contributed by atoms with Gasteiger partial charge in [-0.1, -0.05) is 13.3 Å². The van der Waals surface area contributed by atoms with Crippen molar-refractivity contribution in [1.29, 1.82) is 0 Å². The molecule has 0 aromatic carbocycles. The van der Waals surface area contributed by atoms with Gasteiger partial charge < -0.3 is 9.14 Å². The predicted molar refractivity (Wildman–Crippen MR) is 80.4 cm³/mol. The van der Waals surface area contributed by atoms with Crippen molar-refractivity contribution in [2.24, 2.45) is 0 Å². The van der Waals surface area contributed by atoms with Gasteiger partial charge in [-0.05, 0) is 38.1 Å². The van der Waals surface area contributed by atoms with Crippen LogP contribution in [0, 0.1) is 0 Å². The summed E-state index contributed by atoms with van der Waals surface area (Å²) in [5, 5.41) is 0. The van der Waals surface area contributed by atoms with E-state index in [0.717, 1.165) is 30.9 Å². The number of carbonyl (C=O) groups is 1. The highest BCUT2D eigenvalue weighted by molar-refractivity contribution is 5.89. The lowest BCUT2D eigenvalue weighted by atomic mass is 10.0. The van der Waals surface area contributed by atoms with E-state index in [0.29, 0.717) is 11.6 Å². The number of fused-ring (bicyclic) bond motifs is 1. The monoisotopic (exact) mass is 287 g/mol. The first-order valence-electron chi connectivity index (χ1n) is 7.54. The first-order chi connectivity index (χ1) is 10.2. The summed E-state index contributed by atoms with van der Waals surface area (Å²) in [6.07, 6.45) is 7.31. The van der Waals surface area contributed by atoms with Gasteiger partial charge in [0.25, 0.3) is 0 Å². The highest BCUT2D eigenvalue weighted by Crippen LogP contribution is 2.30. The van der Waals surface area contributed by atoms with Crippen molar-refractivity contribution < 1.29 is 9.53 Å². The molecule has 0 saturated carbocycles. The van der Waals surface area contributed by atoms with Crippen LogP contribution in [0.2, 0.25) is 0 Å². The number of piperidine rings is 1. The SMILES string of the molecule is CCN1CCCCC1c1ncc2ccc(C(=O)OC)cn12. The molecule has 0 bridgehead atoms. The third-order valence-corrected chi connectivity index (χ3v) is 4.29. The van der Waals surface area contributed by atoms with Crippen LogP contribution in [0.5, 0.6) is 0 Å². The minimum Gasteiger partial charge on any atom is -0.465 e. The van der Waals surface area contributed by atoms with Crippen LogP contribution in [-0.4, -0.2) is 40.5 Å². The van der Waals surface area contributed by atoms with E-state index in [2.05, 4.69) is 16.8 Å². The van der Waals surface area contributed by atoms with E-state index in [4.69, 9.17) is 4.74 Å². The summed E-state index contributed by atoms with van der Waals surface area (Å²) in [6, 6.07) is 4.03. The lowest BCUT2D eigenvalue weighted by Crippen LogP contribution is -2.34. The zero-order valence-electron chi connectivity index (χ0n) is 12.6. The summed E-state index contributed by atoms with van der Waals surface area (Å²) in [7, 11) is 1.40. The topological polar surface area (TPSA) is 46.8 Å². The number of rotatable bonds is 3. The summed E-state index contributed by atoms with van der Waals surface area (Å²) in [6.45, 7) is 4.33. The average molecular weight is 287 g/mol. The van der Waals surface area contributed by atoms with E-state index in [9.17, 15) is 4.79 Å². The number of likely N-dealkylation sites (tertiary alicyclic amines) is 1. The van der Waals surface area contributed by atoms with Crippen molar-refractivity contribution in [1.82, 2.24) is 14.3 Å². The maximum absolute atomic E-state index is 11.7. The molecule has 3 rings (SSSR count). The molecule has 0 aliphatic carbocycles. The van der Waals surface area contributed by atoms with Crippen molar-refractivity contribution in [2.75, 3.05) is 20.2 Å². The molecule has 1 aliphatic heterocycles. The van der Waals surface area contributed by atoms with Crippen molar-refractivity contribution >= 4 is 11.5 Å². The van der Waals surface area contributed by atoms with Crippen molar-refractivity contribution in [3.8, 4) is 0 Å². The predicted octanol–water partition coefficient (Wildman–Crippen LogP) is 2.67. The Labute approximate surface area is 124 Å². The summed E-state index contributed by atoms with van der Waals surface area (Å²) >= 11 is 0. The van der Waals surface area contributed by atoms with E-state index < -0.39 is 0 Å². The van der Waals surface area contributed by atoms with E-state index in [1.54, 1.807) is 6.07 Å². The number of hydrogen-bond acceptors (Lipinski definition) is 4. The highest BCUT2D eigenvalue weighted by Gasteiger charge is 2.26. The number of imidazole rings is 1. The molecule has 1 saturated heterocycles. The number of aromatic nitrogens is 2. The molecule has 3 heterocycles. The standard InChI is InChI=1S/C16H21N3O2/c1-3-18-9-5-4-6-14(18)15-17-10-13-8-7-12(11-19(13)15)16(20)21-2/h7-8,10-11,14H,3-6,9H2,1-2H3. The zero-order chi connectivity index (χ0) is 14.8. The van der Waals surface area contributed by atoms with E-state index in [1.165, 1.54) is 20.0 Å². The third kappa shape index (κ3) is 2.53. The number of esters is 1. The Morgan fingerprint density at radius 2 is 2.29 bits per heavy atom. The molecule has 1 unspecified atom stereocenters. The van der Waals surface area contributed by atoms with Gasteiger partial charge in [-0.3, -0.25) is 4.90 Å². The molecule has 1 aliphatic rings. The molecule has 5 heteroatoms. The Morgan fingerprint density at radius 1 is 1.43 bits per heavy atom. The molecule has 0 radical (unpaired) electrons. The molecule has 112 valence electrons. The second-order valence-electron chi connectivity index (χ2n) is 5.46. The Hall–Kier alpha value is -1.88. The molecule has 2 aromatic rings. The Morgan fingerprint density at radius 3 is 3.05 bits per heavy atom. The number of methoxy groups -OCH3 is 1. The van der Waals surface area contributed by atoms with Gasteiger partial charge >= 0.3 is 5.97 Å². The molecular weight excluding hydrogens is 266 g/mol. The summed E-state index contributed by atoms with van der Waals surface area (Å²) in [5.74, 6) is 0.713. The second-order valence-corrected chi connectivity index (χ2v) is 5.46. The smallest absolute Gasteiger partial charge is 0.339 e. The van der Waals surface area contributed by atoms with Gasteiger partial charge in [0.05, 0.1) is 30.4 Å². The lowest BCUT2D eigenvalue weighted by Gasteiger charge is -2.33. The van der Waals surface area contributed by atoms with Gasteiger partial charge in [-0.15, -0.1) is 0 Å². The fourth-order valence-electron chi connectivity index (χ4n) is 3.16.